The summed E-state index contributed by atoms with van der Waals surface area (Å²) in [6, 6.07) is 60.0. The second-order valence-electron chi connectivity index (χ2n) is 13.8. The molecule has 55 heavy (non-hydrogen) atoms. The van der Waals surface area contributed by atoms with Crippen molar-refractivity contribution in [1.82, 2.24) is 4.57 Å². The number of anilines is 3. The van der Waals surface area contributed by atoms with Gasteiger partial charge in [-0.3, -0.25) is 0 Å². The standard InChI is InChI=1S/C52H34N2O/c1-2-14-35(15-3-1)36-26-28-38(29-27-36)53(39-30-32-40(33-31-39)54-48-23-11-6-18-42(48)43-19-7-12-24-49(43)54)47-22-10-8-20-44(47)46-34-37-16-4-5-17-41(37)52-51(46)45-21-9-13-25-50(45)55-52/h1-34H/i30D,31D,32D,33D. The molecule has 0 saturated carbocycles. The first-order valence-electron chi connectivity index (χ1n) is 20.4. The van der Waals surface area contributed by atoms with Crippen LogP contribution in [-0.4, -0.2) is 4.57 Å². The highest BCUT2D eigenvalue weighted by Gasteiger charge is 2.22. The van der Waals surface area contributed by atoms with E-state index in [-0.39, 0.29) is 35.5 Å². The van der Waals surface area contributed by atoms with Gasteiger partial charge in [0.2, 0.25) is 0 Å². The second kappa shape index (κ2) is 12.6. The maximum Gasteiger partial charge on any atom is 0.143 e. The van der Waals surface area contributed by atoms with Crippen LogP contribution in [0.5, 0.6) is 0 Å². The molecule has 0 atom stereocenters. The summed E-state index contributed by atoms with van der Waals surface area (Å²) >= 11 is 0. The molecule has 0 fully saturated rings. The quantitative estimate of drug-likeness (QED) is 0.172. The fourth-order valence-electron chi connectivity index (χ4n) is 8.18. The van der Waals surface area contributed by atoms with Crippen molar-refractivity contribution >= 4 is 71.6 Å². The van der Waals surface area contributed by atoms with E-state index in [4.69, 9.17) is 4.42 Å². The maximum absolute atomic E-state index is 9.83. The number of benzene rings is 9. The molecule has 3 nitrogen and oxygen atoms in total. The van der Waals surface area contributed by atoms with Crippen LogP contribution in [0, 0.1) is 0 Å². The monoisotopic (exact) mass is 706 g/mol. The third kappa shape index (κ3) is 5.05. The highest BCUT2D eigenvalue weighted by atomic mass is 16.3. The summed E-state index contributed by atoms with van der Waals surface area (Å²) < 4.78 is 47.5. The fraction of sp³-hybridized carbons (Fsp3) is 0. The lowest BCUT2D eigenvalue weighted by Gasteiger charge is -2.28. The Labute approximate surface area is 324 Å². The van der Waals surface area contributed by atoms with Gasteiger partial charge in [0.25, 0.3) is 0 Å². The summed E-state index contributed by atoms with van der Waals surface area (Å²) in [5.74, 6) is 0. The van der Waals surface area contributed by atoms with E-state index in [0.29, 0.717) is 11.4 Å². The summed E-state index contributed by atoms with van der Waals surface area (Å²) in [4.78, 5) is 1.89. The molecule has 0 aliphatic heterocycles. The van der Waals surface area contributed by atoms with Gasteiger partial charge < -0.3 is 13.9 Å². The van der Waals surface area contributed by atoms with Crippen LogP contribution in [0.3, 0.4) is 0 Å². The normalized spacial score (nSPS) is 12.7. The van der Waals surface area contributed by atoms with Crippen LogP contribution < -0.4 is 4.90 Å². The molecule has 258 valence electrons. The summed E-state index contributed by atoms with van der Waals surface area (Å²) in [7, 11) is 0. The van der Waals surface area contributed by atoms with Crippen LogP contribution in [0.2, 0.25) is 0 Å². The van der Waals surface area contributed by atoms with Crippen LogP contribution >= 0.6 is 0 Å². The summed E-state index contributed by atoms with van der Waals surface area (Å²) in [6.07, 6.45) is 0. The topological polar surface area (TPSA) is 21.3 Å². The zero-order chi connectivity index (χ0) is 39.8. The van der Waals surface area contributed by atoms with Gasteiger partial charge in [-0.1, -0.05) is 140 Å². The number of rotatable bonds is 6. The molecule has 0 amide bonds. The maximum atomic E-state index is 9.83. The van der Waals surface area contributed by atoms with Crippen molar-refractivity contribution in [2.45, 2.75) is 0 Å². The van der Waals surface area contributed by atoms with Gasteiger partial charge in [-0.15, -0.1) is 0 Å². The number of hydrogen-bond acceptors (Lipinski definition) is 2. The molecule has 0 unspecified atom stereocenters. The zero-order valence-corrected chi connectivity index (χ0v) is 29.6. The highest BCUT2D eigenvalue weighted by molar-refractivity contribution is 6.22. The van der Waals surface area contributed by atoms with Gasteiger partial charge in [0.15, 0.2) is 0 Å². The first-order chi connectivity index (χ1) is 29.0. The van der Waals surface area contributed by atoms with Gasteiger partial charge in [0, 0.05) is 49.6 Å². The first kappa shape index (κ1) is 27.3. The van der Waals surface area contributed by atoms with Crippen LogP contribution in [-0.2, 0) is 0 Å². The Morgan fingerprint density at radius 3 is 1.78 bits per heavy atom. The van der Waals surface area contributed by atoms with E-state index in [1.807, 2.05) is 149 Å². The lowest BCUT2D eigenvalue weighted by atomic mass is 9.93. The van der Waals surface area contributed by atoms with Crippen LogP contribution in [0.4, 0.5) is 17.1 Å². The minimum Gasteiger partial charge on any atom is -0.455 e. The summed E-state index contributed by atoms with van der Waals surface area (Å²) in [5, 5.41) is 5.93. The van der Waals surface area contributed by atoms with Crippen LogP contribution in [0.15, 0.2) is 211 Å². The molecular weight excluding hydrogens is 669 g/mol. The van der Waals surface area contributed by atoms with Gasteiger partial charge in [-0.25, -0.2) is 0 Å². The smallest absolute Gasteiger partial charge is 0.143 e. The predicted octanol–water partition coefficient (Wildman–Crippen LogP) is 14.6. The van der Waals surface area contributed by atoms with E-state index in [9.17, 15) is 5.48 Å². The molecule has 0 aliphatic carbocycles. The lowest BCUT2D eigenvalue weighted by Crippen LogP contribution is -2.11. The van der Waals surface area contributed by atoms with E-state index >= 15 is 0 Å². The molecule has 9 aromatic carbocycles. The van der Waals surface area contributed by atoms with Crippen molar-refractivity contribution in [3.63, 3.8) is 0 Å². The number of fused-ring (bicyclic) bond motifs is 8. The summed E-state index contributed by atoms with van der Waals surface area (Å²) in [6.45, 7) is 0. The fourth-order valence-corrected chi connectivity index (χ4v) is 8.18. The Kier molecular flexibility index (Phi) is 6.27. The first-order valence-corrected chi connectivity index (χ1v) is 18.4. The molecule has 2 heterocycles. The average Bonchev–Trinajstić information content (AvgIpc) is 3.84. The van der Waals surface area contributed by atoms with Crippen LogP contribution in [0.25, 0.3) is 82.5 Å². The van der Waals surface area contributed by atoms with Crippen molar-refractivity contribution < 1.29 is 9.90 Å². The molecule has 0 spiro atoms. The minimum atomic E-state index is -0.151. The molecule has 0 bridgehead atoms. The van der Waals surface area contributed by atoms with E-state index in [1.165, 1.54) is 0 Å². The molecule has 0 N–H and O–H groups in total. The van der Waals surface area contributed by atoms with Gasteiger partial charge in [0.1, 0.15) is 11.2 Å². The molecular formula is C52H34N2O. The van der Waals surface area contributed by atoms with Crippen molar-refractivity contribution in [3.8, 4) is 27.9 Å². The zero-order valence-electron chi connectivity index (χ0n) is 33.6. The Morgan fingerprint density at radius 2 is 1.04 bits per heavy atom. The van der Waals surface area contributed by atoms with E-state index in [2.05, 4.69) is 42.5 Å². The third-order valence-electron chi connectivity index (χ3n) is 10.7. The number of aromatic nitrogens is 1. The van der Waals surface area contributed by atoms with Crippen molar-refractivity contribution in [2.75, 3.05) is 4.90 Å². The van der Waals surface area contributed by atoms with E-state index in [0.717, 1.165) is 76.8 Å². The Hall–Kier alpha value is -7.36. The molecule has 2 aromatic heterocycles. The van der Waals surface area contributed by atoms with Crippen molar-refractivity contribution in [1.29, 1.82) is 0 Å². The van der Waals surface area contributed by atoms with Gasteiger partial charge in [-0.05, 0) is 88.7 Å². The number of nitrogens with zero attached hydrogens (tertiary/aromatic N) is 2. The Bertz CT molecular complexity index is 3360. The Balaban J connectivity index is 1.20. The molecule has 3 heteroatoms. The molecule has 0 radical (unpaired) electrons. The van der Waals surface area contributed by atoms with Crippen LogP contribution in [0.1, 0.15) is 5.48 Å². The van der Waals surface area contributed by atoms with Crippen molar-refractivity contribution in [2.24, 2.45) is 0 Å². The number of hydrogen-bond donors (Lipinski definition) is 0. The number of furan rings is 1. The molecule has 11 aromatic rings. The van der Waals surface area contributed by atoms with Gasteiger partial charge in [-0.2, -0.15) is 0 Å². The highest BCUT2D eigenvalue weighted by Crippen LogP contribution is 2.47. The van der Waals surface area contributed by atoms with Gasteiger partial charge in [0.05, 0.1) is 22.2 Å². The molecule has 0 aliphatic rings. The molecule has 0 saturated heterocycles. The van der Waals surface area contributed by atoms with Crippen molar-refractivity contribution in [3.05, 3.63) is 206 Å². The Morgan fingerprint density at radius 1 is 0.455 bits per heavy atom. The third-order valence-corrected chi connectivity index (χ3v) is 10.7. The minimum absolute atomic E-state index is 0.134. The SMILES string of the molecule is [2H]c1c([2H])c(-n2c3ccccc3c3ccccc32)c([2H])c([2H])c1N(c1ccc(-c2ccccc2)cc1)c1ccccc1-c1cc2ccccc2c2oc3ccccc3c12. The number of para-hydroxylation sites is 4. The second-order valence-corrected chi connectivity index (χ2v) is 13.8. The lowest BCUT2D eigenvalue weighted by molar-refractivity contribution is 0.673. The predicted molar refractivity (Wildman–Crippen MR) is 231 cm³/mol. The average molecular weight is 707 g/mol. The molecule has 11 rings (SSSR count). The van der Waals surface area contributed by atoms with E-state index < -0.39 is 0 Å². The van der Waals surface area contributed by atoms with E-state index in [1.54, 1.807) is 0 Å². The largest absolute Gasteiger partial charge is 0.455 e. The van der Waals surface area contributed by atoms with Gasteiger partial charge >= 0.3 is 0 Å². The summed E-state index contributed by atoms with van der Waals surface area (Å²) in [5.41, 5.74) is 8.81.